The minimum absolute atomic E-state index is 0.102. The van der Waals surface area contributed by atoms with Gasteiger partial charge in [-0.2, -0.15) is 0 Å². The molecule has 1 aromatic carbocycles. The van der Waals surface area contributed by atoms with Gasteiger partial charge in [0.05, 0.1) is 0 Å². The predicted octanol–water partition coefficient (Wildman–Crippen LogP) is 2.77. The average molecular weight is 296 g/mol. The molecule has 1 unspecified atom stereocenters. The second-order valence-corrected chi connectivity index (χ2v) is 6.35. The molecule has 4 rings (SSSR count). The van der Waals surface area contributed by atoms with E-state index in [1.807, 2.05) is 36.4 Å². The smallest absolute Gasteiger partial charge is 0.287 e. The first-order chi connectivity index (χ1) is 10.8. The second-order valence-electron chi connectivity index (χ2n) is 6.35. The highest BCUT2D eigenvalue weighted by molar-refractivity contribution is 5.92. The summed E-state index contributed by atoms with van der Waals surface area (Å²) in [6, 6.07) is 13.7. The van der Waals surface area contributed by atoms with E-state index >= 15 is 0 Å². The van der Waals surface area contributed by atoms with E-state index in [-0.39, 0.29) is 11.9 Å². The summed E-state index contributed by atoms with van der Waals surface area (Å²) in [5, 5.41) is 3.13. The van der Waals surface area contributed by atoms with Crippen molar-refractivity contribution in [2.24, 2.45) is 5.92 Å². The van der Waals surface area contributed by atoms with Crippen molar-refractivity contribution in [1.29, 1.82) is 0 Å². The Bertz CT molecular complexity index is 653. The van der Waals surface area contributed by atoms with Crippen LogP contribution in [-0.2, 0) is 0 Å². The van der Waals surface area contributed by atoms with Crippen LogP contribution < -0.4 is 5.32 Å². The second kappa shape index (κ2) is 5.61. The Morgan fingerprint density at radius 2 is 2.00 bits per heavy atom. The molecule has 0 spiro atoms. The lowest BCUT2D eigenvalue weighted by molar-refractivity contribution is 0.0882. The minimum atomic E-state index is -0.102. The molecular weight excluding hydrogens is 276 g/mol. The number of carbonyl (C=O) groups excluding carboxylic acids is 1. The van der Waals surface area contributed by atoms with Crippen molar-refractivity contribution >= 4 is 5.91 Å². The minimum Gasteiger partial charge on any atom is -0.451 e. The average Bonchev–Trinajstić information content (AvgIpc) is 3.15. The van der Waals surface area contributed by atoms with Crippen LogP contribution in [0.5, 0.6) is 0 Å². The van der Waals surface area contributed by atoms with Crippen molar-refractivity contribution in [3.05, 3.63) is 48.2 Å². The van der Waals surface area contributed by atoms with Crippen LogP contribution in [0.4, 0.5) is 0 Å². The molecule has 2 bridgehead atoms. The number of fused-ring (bicyclic) bond motifs is 2. The lowest BCUT2D eigenvalue weighted by Gasteiger charge is -2.30. The molecule has 1 N–H and O–H groups in total. The van der Waals surface area contributed by atoms with Gasteiger partial charge in [0.2, 0.25) is 0 Å². The Hall–Kier alpha value is -2.07. The summed E-state index contributed by atoms with van der Waals surface area (Å²) in [6.07, 6.45) is 2.36. The Kier molecular flexibility index (Phi) is 3.47. The normalized spacial score (nSPS) is 26.8. The highest BCUT2D eigenvalue weighted by Crippen LogP contribution is 2.27. The molecule has 4 nitrogen and oxygen atoms in total. The molecule has 0 saturated carbocycles. The number of amides is 1. The van der Waals surface area contributed by atoms with Gasteiger partial charge in [0.25, 0.3) is 5.91 Å². The van der Waals surface area contributed by atoms with E-state index in [1.165, 1.54) is 19.5 Å². The first kappa shape index (κ1) is 13.6. The monoisotopic (exact) mass is 296 g/mol. The fourth-order valence-corrected chi connectivity index (χ4v) is 3.64. The standard InChI is InChI=1S/C18H20N2O2/c21-18(19-15-10-13-8-9-20(11-13)12-15)17-7-6-16(22-17)14-4-2-1-3-5-14/h1-7,13,15H,8-12H2,(H,19,21)/t13-,15-/m1/s1. The van der Waals surface area contributed by atoms with Crippen LogP contribution >= 0.6 is 0 Å². The van der Waals surface area contributed by atoms with Gasteiger partial charge in [-0.3, -0.25) is 4.79 Å². The number of nitrogens with zero attached hydrogens (tertiary/aromatic N) is 1. The van der Waals surface area contributed by atoms with E-state index in [0.717, 1.165) is 30.2 Å². The number of piperidine rings is 1. The van der Waals surface area contributed by atoms with Crippen molar-refractivity contribution < 1.29 is 9.21 Å². The van der Waals surface area contributed by atoms with Crippen LogP contribution in [0, 0.1) is 5.92 Å². The van der Waals surface area contributed by atoms with Gasteiger partial charge in [0.1, 0.15) is 5.76 Å². The molecule has 2 fully saturated rings. The number of hydrogen-bond acceptors (Lipinski definition) is 3. The highest BCUT2D eigenvalue weighted by Gasteiger charge is 2.33. The van der Waals surface area contributed by atoms with Crippen LogP contribution in [0.2, 0.25) is 0 Å². The van der Waals surface area contributed by atoms with Crippen LogP contribution in [0.3, 0.4) is 0 Å². The molecular formula is C18H20N2O2. The van der Waals surface area contributed by atoms with Crippen LogP contribution in [0.25, 0.3) is 11.3 Å². The quantitative estimate of drug-likeness (QED) is 0.947. The first-order valence-corrected chi connectivity index (χ1v) is 7.96. The van der Waals surface area contributed by atoms with Crippen molar-refractivity contribution in [2.45, 2.75) is 18.9 Å². The Morgan fingerprint density at radius 3 is 2.82 bits per heavy atom. The maximum atomic E-state index is 12.4. The van der Waals surface area contributed by atoms with Crippen LogP contribution in [0.1, 0.15) is 23.4 Å². The van der Waals surface area contributed by atoms with Gasteiger partial charge in [-0.1, -0.05) is 30.3 Å². The fourth-order valence-electron chi connectivity index (χ4n) is 3.64. The van der Waals surface area contributed by atoms with E-state index in [4.69, 9.17) is 4.42 Å². The van der Waals surface area contributed by atoms with E-state index in [2.05, 4.69) is 10.2 Å². The molecule has 2 aliphatic heterocycles. The molecule has 22 heavy (non-hydrogen) atoms. The number of nitrogens with one attached hydrogen (secondary N) is 1. The maximum Gasteiger partial charge on any atom is 0.287 e. The van der Waals surface area contributed by atoms with Gasteiger partial charge in [-0.05, 0) is 37.4 Å². The van der Waals surface area contributed by atoms with E-state index in [0.29, 0.717) is 5.76 Å². The number of carbonyl (C=O) groups is 1. The molecule has 1 amide bonds. The third-order valence-electron chi connectivity index (χ3n) is 4.69. The van der Waals surface area contributed by atoms with Crippen LogP contribution in [-0.4, -0.2) is 36.5 Å². The van der Waals surface area contributed by atoms with Gasteiger partial charge in [-0.15, -0.1) is 0 Å². The number of furan rings is 1. The lowest BCUT2D eigenvalue weighted by atomic mass is 9.97. The van der Waals surface area contributed by atoms with E-state index in [1.54, 1.807) is 6.07 Å². The fraction of sp³-hybridized carbons (Fsp3) is 0.389. The summed E-state index contributed by atoms with van der Waals surface area (Å²) in [7, 11) is 0. The highest BCUT2D eigenvalue weighted by atomic mass is 16.3. The molecule has 2 aromatic rings. The third kappa shape index (κ3) is 2.66. The molecule has 0 radical (unpaired) electrons. The largest absolute Gasteiger partial charge is 0.451 e. The van der Waals surface area contributed by atoms with Crippen LogP contribution in [0.15, 0.2) is 46.9 Å². The van der Waals surface area contributed by atoms with Crippen molar-refractivity contribution in [3.63, 3.8) is 0 Å². The Balaban J connectivity index is 1.44. The first-order valence-electron chi connectivity index (χ1n) is 7.96. The van der Waals surface area contributed by atoms with Crippen molar-refractivity contribution in [3.8, 4) is 11.3 Å². The number of benzene rings is 1. The van der Waals surface area contributed by atoms with Gasteiger partial charge in [0.15, 0.2) is 5.76 Å². The summed E-state index contributed by atoms with van der Waals surface area (Å²) >= 11 is 0. The zero-order chi connectivity index (χ0) is 14.9. The van der Waals surface area contributed by atoms with Crippen molar-refractivity contribution in [2.75, 3.05) is 19.6 Å². The van der Waals surface area contributed by atoms with E-state index in [9.17, 15) is 4.79 Å². The molecule has 2 saturated heterocycles. The number of hydrogen-bond donors (Lipinski definition) is 1. The topological polar surface area (TPSA) is 45.5 Å². The maximum absolute atomic E-state index is 12.4. The summed E-state index contributed by atoms with van der Waals surface area (Å²) < 4.78 is 5.72. The molecule has 0 aliphatic carbocycles. The Morgan fingerprint density at radius 1 is 1.14 bits per heavy atom. The lowest BCUT2D eigenvalue weighted by Crippen LogP contribution is -2.46. The third-order valence-corrected chi connectivity index (χ3v) is 4.69. The number of rotatable bonds is 3. The molecule has 2 aliphatic rings. The molecule has 3 atom stereocenters. The zero-order valence-corrected chi connectivity index (χ0v) is 12.5. The molecule has 114 valence electrons. The van der Waals surface area contributed by atoms with E-state index < -0.39 is 0 Å². The molecule has 3 heterocycles. The van der Waals surface area contributed by atoms with Gasteiger partial charge in [0, 0.05) is 24.7 Å². The SMILES string of the molecule is O=C(N[C@@H]1C[C@H]2CCN(C2)C1)c1ccc(-c2ccccc2)o1. The van der Waals surface area contributed by atoms with Gasteiger partial charge >= 0.3 is 0 Å². The van der Waals surface area contributed by atoms with Gasteiger partial charge < -0.3 is 14.6 Å². The summed E-state index contributed by atoms with van der Waals surface area (Å²) in [5.41, 5.74) is 0.989. The summed E-state index contributed by atoms with van der Waals surface area (Å²) in [6.45, 7) is 3.34. The molecule has 1 aromatic heterocycles. The predicted molar refractivity (Wildman–Crippen MR) is 84.6 cm³/mol. The molecule has 4 heteroatoms. The zero-order valence-electron chi connectivity index (χ0n) is 12.5. The van der Waals surface area contributed by atoms with Gasteiger partial charge in [-0.25, -0.2) is 0 Å². The summed E-state index contributed by atoms with van der Waals surface area (Å²) in [5.74, 6) is 1.77. The van der Waals surface area contributed by atoms with Crippen molar-refractivity contribution in [1.82, 2.24) is 10.2 Å². The summed E-state index contributed by atoms with van der Waals surface area (Å²) in [4.78, 5) is 14.8. The Labute approximate surface area is 130 Å².